The van der Waals surface area contributed by atoms with Crippen LogP contribution in [0.4, 0.5) is 18.9 Å². The summed E-state index contributed by atoms with van der Waals surface area (Å²) in [5, 5.41) is 21.2. The van der Waals surface area contributed by atoms with E-state index in [1.807, 2.05) is 0 Å². The van der Waals surface area contributed by atoms with E-state index in [4.69, 9.17) is 5.26 Å². The van der Waals surface area contributed by atoms with Crippen molar-refractivity contribution in [1.29, 1.82) is 5.26 Å². The first-order valence-corrected chi connectivity index (χ1v) is 5.82. The van der Waals surface area contributed by atoms with Crippen molar-refractivity contribution in [3.8, 4) is 6.07 Å². The lowest BCUT2D eigenvalue weighted by molar-refractivity contribution is -0.137. The molecule has 0 unspecified atom stereocenters. The van der Waals surface area contributed by atoms with Crippen molar-refractivity contribution in [1.82, 2.24) is 0 Å². The number of hydrogen-bond donors (Lipinski definition) is 2. The second kappa shape index (κ2) is 4.42. The predicted molar refractivity (Wildman–Crippen MR) is 63.4 cm³/mol. The summed E-state index contributed by atoms with van der Waals surface area (Å²) in [6.07, 6.45) is -3.78. The molecule has 0 radical (unpaired) electrons. The number of halogens is 3. The number of hydrogen-bond acceptors (Lipinski definition) is 3. The number of aliphatic hydroxyl groups is 1. The summed E-state index contributed by atoms with van der Waals surface area (Å²) in [6.45, 7) is 1.63. The quantitative estimate of drug-likeness (QED) is 0.868. The number of nitriles is 1. The standard InChI is InChI=1S/C13H13F3N2O/c1-12(19)5-9(6-12)18-11-8(7-17)3-2-4-10(11)13(14,15)16/h2-4,9,18-19H,5-6H2,1H3. The molecule has 2 rings (SSSR count). The molecule has 1 aliphatic carbocycles. The Morgan fingerprint density at radius 3 is 2.53 bits per heavy atom. The zero-order valence-corrected chi connectivity index (χ0v) is 10.3. The summed E-state index contributed by atoms with van der Waals surface area (Å²) < 4.78 is 38.7. The molecule has 1 fully saturated rings. The van der Waals surface area contributed by atoms with Crippen LogP contribution in [-0.4, -0.2) is 16.7 Å². The van der Waals surface area contributed by atoms with Crippen molar-refractivity contribution in [3.05, 3.63) is 29.3 Å². The van der Waals surface area contributed by atoms with Crippen LogP contribution in [0.15, 0.2) is 18.2 Å². The van der Waals surface area contributed by atoms with Crippen molar-refractivity contribution < 1.29 is 18.3 Å². The zero-order chi connectivity index (χ0) is 14.3. The van der Waals surface area contributed by atoms with E-state index in [1.54, 1.807) is 13.0 Å². The van der Waals surface area contributed by atoms with Crippen molar-refractivity contribution in [2.75, 3.05) is 5.32 Å². The van der Waals surface area contributed by atoms with Crippen LogP contribution in [-0.2, 0) is 6.18 Å². The number of rotatable bonds is 2. The summed E-state index contributed by atoms with van der Waals surface area (Å²) in [4.78, 5) is 0. The van der Waals surface area contributed by atoms with Gasteiger partial charge in [0.25, 0.3) is 0 Å². The Bertz CT molecular complexity index is 524. The molecule has 102 valence electrons. The molecule has 0 aliphatic heterocycles. The minimum atomic E-state index is -4.51. The first-order valence-electron chi connectivity index (χ1n) is 5.82. The summed E-state index contributed by atoms with van der Waals surface area (Å²) in [5.41, 5.74) is -1.92. The third-order valence-electron chi connectivity index (χ3n) is 3.21. The third-order valence-corrected chi connectivity index (χ3v) is 3.21. The van der Waals surface area contributed by atoms with Crippen LogP contribution in [0.3, 0.4) is 0 Å². The highest BCUT2D eigenvalue weighted by Crippen LogP contribution is 2.40. The molecular weight excluding hydrogens is 257 g/mol. The highest BCUT2D eigenvalue weighted by atomic mass is 19.4. The van der Waals surface area contributed by atoms with Gasteiger partial charge in [-0.2, -0.15) is 18.4 Å². The third kappa shape index (κ3) is 2.82. The summed E-state index contributed by atoms with van der Waals surface area (Å²) in [7, 11) is 0. The molecule has 0 heterocycles. The number of alkyl halides is 3. The monoisotopic (exact) mass is 270 g/mol. The molecule has 0 spiro atoms. The topological polar surface area (TPSA) is 56.0 Å². The largest absolute Gasteiger partial charge is 0.418 e. The highest BCUT2D eigenvalue weighted by molar-refractivity contribution is 5.64. The van der Waals surface area contributed by atoms with E-state index in [-0.39, 0.29) is 17.3 Å². The number of nitrogens with zero attached hydrogens (tertiary/aromatic N) is 1. The Morgan fingerprint density at radius 1 is 1.42 bits per heavy atom. The molecule has 2 N–H and O–H groups in total. The van der Waals surface area contributed by atoms with Gasteiger partial charge in [0.2, 0.25) is 0 Å². The van der Waals surface area contributed by atoms with Gasteiger partial charge < -0.3 is 10.4 Å². The fraction of sp³-hybridized carbons (Fsp3) is 0.462. The second-order valence-corrected chi connectivity index (χ2v) is 5.08. The van der Waals surface area contributed by atoms with Crippen LogP contribution in [0.5, 0.6) is 0 Å². The maximum Gasteiger partial charge on any atom is 0.418 e. The second-order valence-electron chi connectivity index (χ2n) is 5.08. The highest BCUT2D eigenvalue weighted by Gasteiger charge is 2.41. The minimum absolute atomic E-state index is 0.0404. The average Bonchev–Trinajstić information content (AvgIpc) is 2.25. The van der Waals surface area contributed by atoms with Crippen LogP contribution in [0.25, 0.3) is 0 Å². The average molecular weight is 270 g/mol. The van der Waals surface area contributed by atoms with Gasteiger partial charge in [0.15, 0.2) is 0 Å². The van der Waals surface area contributed by atoms with Gasteiger partial charge in [-0.15, -0.1) is 0 Å². The fourth-order valence-corrected chi connectivity index (χ4v) is 2.35. The molecule has 1 saturated carbocycles. The van der Waals surface area contributed by atoms with Crippen molar-refractivity contribution in [2.24, 2.45) is 0 Å². The fourth-order valence-electron chi connectivity index (χ4n) is 2.35. The lowest BCUT2D eigenvalue weighted by atomic mass is 9.77. The molecule has 0 atom stereocenters. The molecule has 19 heavy (non-hydrogen) atoms. The van der Waals surface area contributed by atoms with Crippen LogP contribution in [0.1, 0.15) is 30.9 Å². The number of nitrogens with one attached hydrogen (secondary N) is 1. The number of anilines is 1. The maximum absolute atomic E-state index is 12.9. The van der Waals surface area contributed by atoms with E-state index in [2.05, 4.69) is 5.32 Å². The van der Waals surface area contributed by atoms with E-state index in [9.17, 15) is 18.3 Å². The molecule has 1 aliphatic rings. The summed E-state index contributed by atoms with van der Waals surface area (Å²) in [5.74, 6) is 0. The number of para-hydroxylation sites is 1. The Hall–Kier alpha value is -1.74. The predicted octanol–water partition coefficient (Wildman–Crippen LogP) is 2.90. The lowest BCUT2D eigenvalue weighted by Crippen LogP contribution is -2.48. The van der Waals surface area contributed by atoms with Gasteiger partial charge >= 0.3 is 6.18 Å². The van der Waals surface area contributed by atoms with Gasteiger partial charge in [0.05, 0.1) is 22.4 Å². The Balaban J connectivity index is 2.30. The van der Waals surface area contributed by atoms with E-state index >= 15 is 0 Å². The molecule has 0 amide bonds. The van der Waals surface area contributed by atoms with Crippen LogP contribution < -0.4 is 5.32 Å². The van der Waals surface area contributed by atoms with Gasteiger partial charge in [-0.25, -0.2) is 0 Å². The Labute approximate surface area is 108 Å². The normalized spacial score (nSPS) is 26.4. The van der Waals surface area contributed by atoms with Gasteiger partial charge in [-0.3, -0.25) is 0 Å². The molecule has 0 bridgehead atoms. The van der Waals surface area contributed by atoms with Gasteiger partial charge in [0.1, 0.15) is 6.07 Å². The summed E-state index contributed by atoms with van der Waals surface area (Å²) >= 11 is 0. The zero-order valence-electron chi connectivity index (χ0n) is 10.3. The SMILES string of the molecule is CC1(O)CC(Nc2c(C#N)cccc2C(F)(F)F)C1. The number of benzene rings is 1. The molecule has 0 saturated heterocycles. The van der Waals surface area contributed by atoms with Gasteiger partial charge in [-0.05, 0) is 31.9 Å². The van der Waals surface area contributed by atoms with E-state index in [0.717, 1.165) is 6.07 Å². The van der Waals surface area contributed by atoms with E-state index < -0.39 is 17.3 Å². The Morgan fingerprint density at radius 2 is 2.05 bits per heavy atom. The van der Waals surface area contributed by atoms with Crippen LogP contribution in [0.2, 0.25) is 0 Å². The minimum Gasteiger partial charge on any atom is -0.390 e. The van der Waals surface area contributed by atoms with Crippen molar-refractivity contribution >= 4 is 5.69 Å². The van der Waals surface area contributed by atoms with E-state index in [0.29, 0.717) is 12.8 Å². The van der Waals surface area contributed by atoms with Crippen molar-refractivity contribution in [3.63, 3.8) is 0 Å². The lowest BCUT2D eigenvalue weighted by Gasteiger charge is -2.42. The van der Waals surface area contributed by atoms with Gasteiger partial charge in [0, 0.05) is 6.04 Å². The molecular formula is C13H13F3N2O. The first kappa shape index (κ1) is 13.7. The maximum atomic E-state index is 12.9. The van der Waals surface area contributed by atoms with E-state index in [1.165, 1.54) is 12.1 Å². The molecule has 1 aromatic rings. The molecule has 1 aromatic carbocycles. The first-order chi connectivity index (χ1) is 8.73. The molecule has 6 heteroatoms. The van der Waals surface area contributed by atoms with Crippen LogP contribution >= 0.6 is 0 Å². The Kier molecular flexibility index (Phi) is 3.19. The summed E-state index contributed by atoms with van der Waals surface area (Å²) in [6, 6.07) is 5.01. The molecule has 3 nitrogen and oxygen atoms in total. The smallest absolute Gasteiger partial charge is 0.390 e. The van der Waals surface area contributed by atoms with Crippen molar-refractivity contribution in [2.45, 2.75) is 37.6 Å². The van der Waals surface area contributed by atoms with Gasteiger partial charge in [-0.1, -0.05) is 6.07 Å². The molecule has 0 aromatic heterocycles. The van der Waals surface area contributed by atoms with Crippen LogP contribution in [0, 0.1) is 11.3 Å².